The maximum absolute atomic E-state index is 10.7. The fourth-order valence-electron chi connectivity index (χ4n) is 4.23. The molecule has 2 fully saturated rings. The maximum Gasteiger partial charge on any atom is 0.269 e. The van der Waals surface area contributed by atoms with Crippen molar-refractivity contribution in [2.45, 2.75) is 58.4 Å². The molecular formula is C20H28N2O3. The monoisotopic (exact) mass is 344 g/mol. The minimum absolute atomic E-state index is 0.0296. The summed E-state index contributed by atoms with van der Waals surface area (Å²) in [6.45, 7) is 9.16. The minimum Gasteiger partial charge on any atom is -0.356 e. The fourth-order valence-corrected chi connectivity index (χ4v) is 4.23. The third-order valence-corrected chi connectivity index (χ3v) is 6.06. The molecule has 0 radical (unpaired) electrons. The lowest BCUT2D eigenvalue weighted by Crippen LogP contribution is -2.64. The van der Waals surface area contributed by atoms with Crippen molar-refractivity contribution in [1.82, 2.24) is 5.32 Å². The zero-order valence-corrected chi connectivity index (χ0v) is 15.4. The van der Waals surface area contributed by atoms with Gasteiger partial charge in [0, 0.05) is 23.6 Å². The summed E-state index contributed by atoms with van der Waals surface area (Å²) in [5.74, 6) is 1.77. The van der Waals surface area contributed by atoms with Gasteiger partial charge < -0.3 is 4.74 Å². The maximum atomic E-state index is 10.7. The molecule has 1 saturated carbocycles. The van der Waals surface area contributed by atoms with Gasteiger partial charge in [0.05, 0.1) is 11.0 Å². The van der Waals surface area contributed by atoms with E-state index >= 15 is 0 Å². The van der Waals surface area contributed by atoms with Crippen molar-refractivity contribution in [1.29, 1.82) is 0 Å². The second-order valence-corrected chi connectivity index (χ2v) is 8.12. The normalized spacial score (nSPS) is 34.6. The Balaban J connectivity index is 1.73. The first-order valence-corrected chi connectivity index (χ1v) is 9.14. The molecule has 1 heterocycles. The van der Waals surface area contributed by atoms with Crippen molar-refractivity contribution in [2.75, 3.05) is 0 Å². The first-order valence-electron chi connectivity index (χ1n) is 9.14. The van der Waals surface area contributed by atoms with Crippen molar-refractivity contribution in [2.24, 2.45) is 17.8 Å². The number of nitrogens with one attached hydrogen (secondary N) is 1. The standard InChI is InChI=1S/C20H28N2O3/c1-13-5-11-17-19(14(13)2)25-18(21-20(17,3)4)12-8-15-6-9-16(10-7-15)22(23)24/h6-10,12-14,17-19,21H,5,11H2,1-4H3/b12-8+/t13-,14+,17-,18+,19-/m1/s1. The third kappa shape index (κ3) is 3.77. The number of ether oxygens (including phenoxy) is 1. The van der Waals surface area contributed by atoms with E-state index in [4.69, 9.17) is 4.74 Å². The lowest BCUT2D eigenvalue weighted by molar-refractivity contribution is -0.384. The zero-order chi connectivity index (χ0) is 18.2. The van der Waals surface area contributed by atoms with E-state index in [-0.39, 0.29) is 28.5 Å². The summed E-state index contributed by atoms with van der Waals surface area (Å²) >= 11 is 0. The molecule has 2 aliphatic rings. The Hall–Kier alpha value is -1.72. The molecule has 25 heavy (non-hydrogen) atoms. The van der Waals surface area contributed by atoms with Crippen LogP contribution < -0.4 is 5.32 Å². The minimum atomic E-state index is -0.381. The molecule has 1 saturated heterocycles. The molecule has 0 amide bonds. The highest BCUT2D eigenvalue weighted by atomic mass is 16.6. The number of fused-ring (bicyclic) bond motifs is 1. The molecule has 3 rings (SSSR count). The lowest BCUT2D eigenvalue weighted by Gasteiger charge is -2.53. The van der Waals surface area contributed by atoms with Gasteiger partial charge in [-0.05, 0) is 62.3 Å². The second-order valence-electron chi connectivity index (χ2n) is 8.12. The first-order chi connectivity index (χ1) is 11.8. The van der Waals surface area contributed by atoms with Crippen LogP contribution in [-0.2, 0) is 4.74 Å². The van der Waals surface area contributed by atoms with Gasteiger partial charge in [-0.15, -0.1) is 0 Å². The van der Waals surface area contributed by atoms with E-state index in [0.717, 1.165) is 5.56 Å². The predicted molar refractivity (Wildman–Crippen MR) is 99.1 cm³/mol. The quantitative estimate of drug-likeness (QED) is 0.653. The molecule has 0 bridgehead atoms. The number of benzene rings is 1. The van der Waals surface area contributed by atoms with E-state index in [1.54, 1.807) is 12.1 Å². The van der Waals surface area contributed by atoms with E-state index in [1.165, 1.54) is 25.0 Å². The smallest absolute Gasteiger partial charge is 0.269 e. The summed E-state index contributed by atoms with van der Waals surface area (Å²) < 4.78 is 6.39. The number of non-ortho nitro benzene ring substituents is 1. The van der Waals surface area contributed by atoms with Gasteiger partial charge in [-0.25, -0.2) is 0 Å². The average molecular weight is 344 g/mol. The van der Waals surface area contributed by atoms with Gasteiger partial charge in [-0.3, -0.25) is 15.4 Å². The van der Waals surface area contributed by atoms with Crippen molar-refractivity contribution >= 4 is 11.8 Å². The van der Waals surface area contributed by atoms with E-state index in [1.807, 2.05) is 12.2 Å². The molecule has 5 atom stereocenters. The molecule has 1 aliphatic heterocycles. The van der Waals surface area contributed by atoms with Crippen LogP contribution in [0.4, 0.5) is 5.69 Å². The van der Waals surface area contributed by atoms with Crippen LogP contribution in [0.2, 0.25) is 0 Å². The first kappa shape index (κ1) is 18.1. The SMILES string of the molecule is C[C@@H]1[C@H]2O[C@@H](/C=C/c3ccc([N+](=O)[O-])cc3)NC(C)(C)[C@@H]2CC[C@H]1C. The summed E-state index contributed by atoms with van der Waals surface area (Å²) in [6.07, 6.45) is 6.58. The average Bonchev–Trinajstić information content (AvgIpc) is 2.56. The zero-order valence-electron chi connectivity index (χ0n) is 15.4. The van der Waals surface area contributed by atoms with Crippen molar-refractivity contribution < 1.29 is 9.66 Å². The van der Waals surface area contributed by atoms with Crippen LogP contribution in [0, 0.1) is 27.9 Å². The van der Waals surface area contributed by atoms with E-state index in [0.29, 0.717) is 17.8 Å². The number of hydrogen-bond donors (Lipinski definition) is 1. The molecule has 0 spiro atoms. The number of nitro groups is 1. The van der Waals surface area contributed by atoms with Crippen molar-refractivity contribution in [3.63, 3.8) is 0 Å². The summed E-state index contributed by atoms with van der Waals surface area (Å²) in [6, 6.07) is 6.58. The molecule has 1 aromatic carbocycles. The Kier molecular flexibility index (Phi) is 4.98. The van der Waals surface area contributed by atoms with Crippen LogP contribution in [0.3, 0.4) is 0 Å². The van der Waals surface area contributed by atoms with Crippen LogP contribution in [-0.4, -0.2) is 22.8 Å². The Morgan fingerprint density at radius 1 is 1.24 bits per heavy atom. The molecule has 136 valence electrons. The van der Waals surface area contributed by atoms with Gasteiger partial charge >= 0.3 is 0 Å². The van der Waals surface area contributed by atoms with E-state index < -0.39 is 0 Å². The summed E-state index contributed by atoms with van der Waals surface area (Å²) in [5.41, 5.74) is 1.07. The van der Waals surface area contributed by atoms with Crippen LogP contribution in [0.1, 0.15) is 46.1 Å². The summed E-state index contributed by atoms with van der Waals surface area (Å²) in [7, 11) is 0. The van der Waals surface area contributed by atoms with Crippen molar-refractivity contribution in [3.8, 4) is 0 Å². The van der Waals surface area contributed by atoms with Gasteiger partial charge in [-0.1, -0.05) is 19.9 Å². The van der Waals surface area contributed by atoms with Crippen LogP contribution in [0.25, 0.3) is 6.08 Å². The molecule has 5 nitrogen and oxygen atoms in total. The fraction of sp³-hybridized carbons (Fsp3) is 0.600. The molecular weight excluding hydrogens is 316 g/mol. The number of nitrogens with zero attached hydrogens (tertiary/aromatic N) is 1. The van der Waals surface area contributed by atoms with E-state index in [9.17, 15) is 10.1 Å². The largest absolute Gasteiger partial charge is 0.356 e. The topological polar surface area (TPSA) is 64.4 Å². The molecule has 1 aromatic rings. The summed E-state index contributed by atoms with van der Waals surface area (Å²) in [4.78, 5) is 10.4. The highest BCUT2D eigenvalue weighted by Crippen LogP contribution is 2.43. The predicted octanol–water partition coefficient (Wildman–Crippen LogP) is 4.38. The number of nitro benzene ring substituents is 1. The Bertz CT molecular complexity index is 653. The van der Waals surface area contributed by atoms with Crippen molar-refractivity contribution in [3.05, 3.63) is 46.0 Å². The van der Waals surface area contributed by atoms with Gasteiger partial charge in [0.25, 0.3) is 5.69 Å². The highest BCUT2D eigenvalue weighted by Gasteiger charge is 2.47. The molecule has 0 aromatic heterocycles. The second kappa shape index (κ2) is 6.89. The van der Waals surface area contributed by atoms with E-state index in [2.05, 4.69) is 33.0 Å². The third-order valence-electron chi connectivity index (χ3n) is 6.06. The van der Waals surface area contributed by atoms with Gasteiger partial charge in [0.1, 0.15) is 6.23 Å². The van der Waals surface area contributed by atoms with Gasteiger partial charge in [0.15, 0.2) is 0 Å². The molecule has 1 aliphatic carbocycles. The van der Waals surface area contributed by atoms with Crippen LogP contribution in [0.5, 0.6) is 0 Å². The van der Waals surface area contributed by atoms with Crippen LogP contribution in [0.15, 0.2) is 30.3 Å². The highest BCUT2D eigenvalue weighted by molar-refractivity contribution is 5.52. The molecule has 0 unspecified atom stereocenters. The Labute approximate surface area is 149 Å². The number of hydrogen-bond acceptors (Lipinski definition) is 4. The Morgan fingerprint density at radius 3 is 2.56 bits per heavy atom. The van der Waals surface area contributed by atoms with Crippen LogP contribution >= 0.6 is 0 Å². The van der Waals surface area contributed by atoms with Gasteiger partial charge in [0.2, 0.25) is 0 Å². The summed E-state index contributed by atoms with van der Waals surface area (Å²) in [5, 5.41) is 14.3. The Morgan fingerprint density at radius 2 is 1.92 bits per heavy atom. The molecule has 5 heteroatoms. The van der Waals surface area contributed by atoms with Gasteiger partial charge in [-0.2, -0.15) is 0 Å². The number of rotatable bonds is 3. The molecule has 1 N–H and O–H groups in total. The lowest BCUT2D eigenvalue weighted by atomic mass is 9.66.